The van der Waals surface area contributed by atoms with Gasteiger partial charge < -0.3 is 35.9 Å². The van der Waals surface area contributed by atoms with E-state index in [1.807, 2.05) is 19.1 Å². The number of benzene rings is 2. The second kappa shape index (κ2) is 19.7. The van der Waals surface area contributed by atoms with Crippen LogP contribution in [0.25, 0.3) is 0 Å². The Morgan fingerprint density at radius 1 is 0.708 bits per heavy atom. The summed E-state index contributed by atoms with van der Waals surface area (Å²) < 4.78 is 15.9. The molecule has 0 bridgehead atoms. The van der Waals surface area contributed by atoms with Crippen LogP contribution in [-0.4, -0.2) is 59.5 Å². The van der Waals surface area contributed by atoms with Gasteiger partial charge in [0.05, 0.1) is 0 Å². The summed E-state index contributed by atoms with van der Waals surface area (Å²) >= 11 is 0. The average Bonchev–Trinajstić information content (AvgIpc) is 3.04. The Morgan fingerprint density at radius 3 is 1.60 bits per heavy atom. The molecule has 0 unspecified atom stereocenters. The molecule has 4 amide bonds. The Balaban J connectivity index is 2.14. The van der Waals surface area contributed by atoms with Gasteiger partial charge in [-0.25, -0.2) is 4.79 Å². The minimum absolute atomic E-state index is 0.0168. The summed E-state index contributed by atoms with van der Waals surface area (Å²) in [6.07, 6.45) is -1.16. The Kier molecular flexibility index (Phi) is 16.1. The quantitative estimate of drug-likeness (QED) is 0.136. The molecule has 4 atom stereocenters. The van der Waals surface area contributed by atoms with E-state index in [2.05, 4.69) is 16.0 Å². The fraction of sp³-hybridized carbons (Fsp3) is 0.486. The fourth-order valence-corrected chi connectivity index (χ4v) is 4.37. The molecular formula is C35H48N4O9. The maximum atomic E-state index is 13.5. The molecule has 0 fully saturated rings. The molecule has 0 aliphatic heterocycles. The zero-order chi connectivity index (χ0) is 35.7. The number of esters is 2. The van der Waals surface area contributed by atoms with Crippen LogP contribution in [-0.2, 0) is 51.4 Å². The van der Waals surface area contributed by atoms with Gasteiger partial charge in [0, 0.05) is 12.8 Å². The number of alkyl carbamates (subject to hydrolysis) is 1. The minimum Gasteiger partial charge on any atom is -0.461 e. The summed E-state index contributed by atoms with van der Waals surface area (Å²) in [7, 11) is 0. The second-order valence-corrected chi connectivity index (χ2v) is 12.4. The number of carbonyl (C=O) groups excluding carboxylic acids is 6. The van der Waals surface area contributed by atoms with Crippen molar-refractivity contribution < 1.29 is 43.0 Å². The molecule has 0 saturated carbocycles. The van der Waals surface area contributed by atoms with Crippen molar-refractivity contribution in [2.24, 2.45) is 11.7 Å². The summed E-state index contributed by atoms with van der Waals surface area (Å²) in [5.74, 6) is -4.01. The van der Waals surface area contributed by atoms with E-state index in [1.165, 1.54) is 0 Å². The predicted molar refractivity (Wildman–Crippen MR) is 177 cm³/mol. The molecule has 48 heavy (non-hydrogen) atoms. The fourth-order valence-electron chi connectivity index (χ4n) is 4.37. The molecule has 5 N–H and O–H groups in total. The number of carbonyl (C=O) groups is 6. The molecule has 0 aliphatic carbocycles. The molecule has 0 radical (unpaired) electrons. The molecule has 2 aromatic carbocycles. The summed E-state index contributed by atoms with van der Waals surface area (Å²) in [5, 5.41) is 7.66. The topological polar surface area (TPSA) is 192 Å². The third-order valence-corrected chi connectivity index (χ3v) is 7.22. The van der Waals surface area contributed by atoms with E-state index in [0.717, 1.165) is 11.1 Å². The number of amides is 4. The first-order valence-electron chi connectivity index (χ1n) is 16.0. The molecule has 0 spiro atoms. The zero-order valence-corrected chi connectivity index (χ0v) is 28.3. The van der Waals surface area contributed by atoms with Gasteiger partial charge in [-0.3, -0.25) is 24.0 Å². The van der Waals surface area contributed by atoms with E-state index in [0.29, 0.717) is 6.42 Å². The number of nitrogens with two attached hydrogens (primary N) is 1. The van der Waals surface area contributed by atoms with Gasteiger partial charge in [0.2, 0.25) is 17.7 Å². The molecular weight excluding hydrogens is 620 g/mol. The SMILES string of the molecule is CC[C@@H](C)[C@H](NC(=O)OC(C)(C)C)C(=O)N[C@@H](CCC(=O)OCc1ccccc1)C(=O)N[C@@H](CCC(=O)OCc1ccccc1)C(N)=O. The van der Waals surface area contributed by atoms with Gasteiger partial charge in [0.25, 0.3) is 0 Å². The standard InChI is InChI=1S/C35H48N4O9/c1-6-23(2)30(39-34(45)48-35(3,4)5)33(44)38-27(18-20-29(41)47-22-25-15-11-8-12-16-25)32(43)37-26(31(36)42)17-19-28(40)46-21-24-13-9-7-10-14-24/h7-16,23,26-27,30H,6,17-22H2,1-5H3,(H2,36,42)(H,37,43)(H,38,44)(H,39,45)/t23-,26+,27+,30+/m1/s1. The van der Waals surface area contributed by atoms with Crippen molar-refractivity contribution in [1.29, 1.82) is 0 Å². The van der Waals surface area contributed by atoms with Gasteiger partial charge in [0.15, 0.2) is 0 Å². The predicted octanol–water partition coefficient (Wildman–Crippen LogP) is 3.43. The Labute approximate surface area is 281 Å². The van der Waals surface area contributed by atoms with Gasteiger partial charge >= 0.3 is 18.0 Å². The van der Waals surface area contributed by atoms with Crippen molar-refractivity contribution in [3.05, 3.63) is 71.8 Å². The minimum atomic E-state index is -1.33. The van der Waals surface area contributed by atoms with Crippen LogP contribution in [0, 0.1) is 5.92 Å². The average molecular weight is 669 g/mol. The summed E-state index contributed by atoms with van der Waals surface area (Å²) in [6, 6.07) is 14.3. The molecule has 13 heteroatoms. The molecule has 262 valence electrons. The van der Waals surface area contributed by atoms with Crippen LogP contribution in [0.3, 0.4) is 0 Å². The summed E-state index contributed by atoms with van der Waals surface area (Å²) in [5.41, 5.74) is 6.27. The van der Waals surface area contributed by atoms with E-state index >= 15 is 0 Å². The number of rotatable bonds is 18. The number of primary amides is 1. The van der Waals surface area contributed by atoms with Crippen LogP contribution >= 0.6 is 0 Å². The number of hydrogen-bond acceptors (Lipinski definition) is 9. The lowest BCUT2D eigenvalue weighted by atomic mass is 9.97. The molecule has 0 aliphatic rings. The van der Waals surface area contributed by atoms with Crippen LogP contribution < -0.4 is 21.7 Å². The highest BCUT2D eigenvalue weighted by Gasteiger charge is 2.33. The first-order chi connectivity index (χ1) is 22.7. The Morgan fingerprint density at radius 2 is 1.17 bits per heavy atom. The van der Waals surface area contributed by atoms with E-state index in [4.69, 9.17) is 19.9 Å². The Hall–Kier alpha value is -4.94. The number of hydrogen-bond donors (Lipinski definition) is 4. The summed E-state index contributed by atoms with van der Waals surface area (Å²) in [4.78, 5) is 76.8. The van der Waals surface area contributed by atoms with E-state index in [9.17, 15) is 28.8 Å². The van der Waals surface area contributed by atoms with Crippen molar-refractivity contribution >= 4 is 35.8 Å². The van der Waals surface area contributed by atoms with Gasteiger partial charge in [-0.15, -0.1) is 0 Å². The van der Waals surface area contributed by atoms with Crippen LogP contribution in [0.1, 0.15) is 77.8 Å². The van der Waals surface area contributed by atoms with Crippen molar-refractivity contribution in [2.75, 3.05) is 0 Å². The Bertz CT molecular complexity index is 1360. The highest BCUT2D eigenvalue weighted by Crippen LogP contribution is 2.13. The van der Waals surface area contributed by atoms with Gasteiger partial charge in [-0.2, -0.15) is 0 Å². The zero-order valence-electron chi connectivity index (χ0n) is 28.3. The molecule has 2 aromatic rings. The maximum absolute atomic E-state index is 13.5. The lowest BCUT2D eigenvalue weighted by molar-refractivity contribution is -0.146. The normalized spacial score (nSPS) is 13.5. The van der Waals surface area contributed by atoms with Crippen molar-refractivity contribution in [3.8, 4) is 0 Å². The maximum Gasteiger partial charge on any atom is 0.408 e. The monoisotopic (exact) mass is 668 g/mol. The second-order valence-electron chi connectivity index (χ2n) is 12.4. The van der Waals surface area contributed by atoms with E-state index in [-0.39, 0.29) is 44.8 Å². The molecule has 0 saturated heterocycles. The molecule has 2 rings (SSSR count). The highest BCUT2D eigenvalue weighted by atomic mass is 16.6. The van der Waals surface area contributed by atoms with E-state index in [1.54, 1.807) is 76.2 Å². The van der Waals surface area contributed by atoms with Crippen molar-refractivity contribution in [1.82, 2.24) is 16.0 Å². The largest absolute Gasteiger partial charge is 0.461 e. The van der Waals surface area contributed by atoms with Crippen LogP contribution in [0.4, 0.5) is 4.79 Å². The number of nitrogens with one attached hydrogen (secondary N) is 3. The lowest BCUT2D eigenvalue weighted by Gasteiger charge is -2.28. The molecule has 13 nitrogen and oxygen atoms in total. The van der Waals surface area contributed by atoms with Crippen molar-refractivity contribution in [3.63, 3.8) is 0 Å². The van der Waals surface area contributed by atoms with E-state index < -0.39 is 59.5 Å². The number of ether oxygens (including phenoxy) is 3. The van der Waals surface area contributed by atoms with Crippen LogP contribution in [0.2, 0.25) is 0 Å². The highest BCUT2D eigenvalue weighted by molar-refractivity contribution is 5.94. The first-order valence-corrected chi connectivity index (χ1v) is 16.0. The van der Waals surface area contributed by atoms with Gasteiger partial charge in [-0.05, 0) is 50.7 Å². The van der Waals surface area contributed by atoms with Gasteiger partial charge in [-0.1, -0.05) is 80.9 Å². The van der Waals surface area contributed by atoms with Gasteiger partial charge in [0.1, 0.15) is 36.9 Å². The van der Waals surface area contributed by atoms with Crippen molar-refractivity contribution in [2.45, 2.75) is 104 Å². The first kappa shape index (κ1) is 39.2. The third-order valence-electron chi connectivity index (χ3n) is 7.22. The summed E-state index contributed by atoms with van der Waals surface area (Å²) in [6.45, 7) is 8.68. The smallest absolute Gasteiger partial charge is 0.408 e. The molecule has 0 aromatic heterocycles. The van der Waals surface area contributed by atoms with Crippen LogP contribution in [0.15, 0.2) is 60.7 Å². The van der Waals surface area contributed by atoms with Crippen LogP contribution in [0.5, 0.6) is 0 Å². The third kappa shape index (κ3) is 15.1. The molecule has 0 heterocycles. The lowest BCUT2D eigenvalue weighted by Crippen LogP contribution is -2.58.